The lowest BCUT2D eigenvalue weighted by Gasteiger charge is -2.49. The van der Waals surface area contributed by atoms with Crippen molar-refractivity contribution in [3.63, 3.8) is 0 Å². The van der Waals surface area contributed by atoms with Gasteiger partial charge in [0.15, 0.2) is 0 Å². The zero-order valence-electron chi connectivity index (χ0n) is 13.4. The van der Waals surface area contributed by atoms with E-state index in [2.05, 4.69) is 11.8 Å². The van der Waals surface area contributed by atoms with Gasteiger partial charge in [-0.05, 0) is 75.4 Å². The Hall–Kier alpha value is -0.0800. The quantitative estimate of drug-likeness (QED) is 0.832. The smallest absolute Gasteiger partial charge is 0.0138 e. The minimum absolute atomic E-state index is 0.743. The van der Waals surface area contributed by atoms with Crippen LogP contribution in [0.4, 0.5) is 0 Å². The summed E-state index contributed by atoms with van der Waals surface area (Å²) >= 11 is 0. The zero-order valence-corrected chi connectivity index (χ0v) is 13.4. The fourth-order valence-electron chi connectivity index (χ4n) is 5.27. The molecule has 2 saturated carbocycles. The molecule has 3 unspecified atom stereocenters. The van der Waals surface area contributed by atoms with Crippen molar-refractivity contribution in [3.05, 3.63) is 0 Å². The second-order valence-corrected chi connectivity index (χ2v) is 8.08. The molecule has 20 heavy (non-hydrogen) atoms. The molecule has 0 aromatic rings. The molecule has 1 saturated heterocycles. The molecule has 2 N–H and O–H groups in total. The second kappa shape index (κ2) is 6.36. The number of nitrogens with zero attached hydrogens (tertiary/aromatic N) is 1. The Kier molecular flexibility index (Phi) is 4.72. The predicted molar refractivity (Wildman–Crippen MR) is 85.7 cm³/mol. The van der Waals surface area contributed by atoms with E-state index in [-0.39, 0.29) is 0 Å². The summed E-state index contributed by atoms with van der Waals surface area (Å²) in [7, 11) is 0. The number of rotatable bonds is 2. The van der Waals surface area contributed by atoms with Crippen molar-refractivity contribution < 1.29 is 0 Å². The molecule has 3 fully saturated rings. The van der Waals surface area contributed by atoms with E-state index < -0.39 is 0 Å². The Balaban J connectivity index is 1.58. The lowest BCUT2D eigenvalue weighted by molar-refractivity contribution is 0.00994. The van der Waals surface area contributed by atoms with Crippen LogP contribution in [0.2, 0.25) is 0 Å². The van der Waals surface area contributed by atoms with Crippen LogP contribution >= 0.6 is 0 Å². The molecule has 0 bridgehead atoms. The van der Waals surface area contributed by atoms with E-state index in [0.29, 0.717) is 0 Å². The molecule has 2 aliphatic carbocycles. The van der Waals surface area contributed by atoms with E-state index >= 15 is 0 Å². The van der Waals surface area contributed by atoms with Gasteiger partial charge in [-0.1, -0.05) is 32.6 Å². The van der Waals surface area contributed by atoms with Gasteiger partial charge in [0, 0.05) is 6.04 Å². The maximum absolute atomic E-state index is 6.06. The van der Waals surface area contributed by atoms with Gasteiger partial charge in [0.05, 0.1) is 0 Å². The first-order chi connectivity index (χ1) is 9.72. The van der Waals surface area contributed by atoms with Crippen molar-refractivity contribution in [1.82, 2.24) is 4.90 Å². The highest BCUT2D eigenvalue weighted by Crippen LogP contribution is 2.45. The standard InChI is InChI=1S/C18H34N2/c1-15-5-6-16(14-19)17(13-15)20-11-9-18(10-12-20)7-3-2-4-8-18/h15-17H,2-14,19H2,1H3. The van der Waals surface area contributed by atoms with Crippen LogP contribution in [0.3, 0.4) is 0 Å². The summed E-state index contributed by atoms with van der Waals surface area (Å²) in [5, 5.41) is 0. The topological polar surface area (TPSA) is 29.3 Å². The highest BCUT2D eigenvalue weighted by molar-refractivity contribution is 4.93. The third kappa shape index (κ3) is 3.06. The largest absolute Gasteiger partial charge is 0.330 e. The fraction of sp³-hybridized carbons (Fsp3) is 1.00. The average Bonchev–Trinajstić information content (AvgIpc) is 2.49. The summed E-state index contributed by atoms with van der Waals surface area (Å²) in [5.74, 6) is 1.68. The van der Waals surface area contributed by atoms with E-state index in [4.69, 9.17) is 5.73 Å². The average molecular weight is 278 g/mol. The highest BCUT2D eigenvalue weighted by atomic mass is 15.2. The highest BCUT2D eigenvalue weighted by Gasteiger charge is 2.39. The van der Waals surface area contributed by atoms with Gasteiger partial charge in [0.2, 0.25) is 0 Å². The number of hydrogen-bond donors (Lipinski definition) is 1. The van der Waals surface area contributed by atoms with Gasteiger partial charge in [-0.3, -0.25) is 0 Å². The summed E-state index contributed by atoms with van der Waals surface area (Å²) in [5.41, 5.74) is 6.80. The van der Waals surface area contributed by atoms with Gasteiger partial charge in [0.1, 0.15) is 0 Å². The van der Waals surface area contributed by atoms with Crippen molar-refractivity contribution in [3.8, 4) is 0 Å². The summed E-state index contributed by atoms with van der Waals surface area (Å²) in [4.78, 5) is 2.83. The van der Waals surface area contributed by atoms with Crippen LogP contribution in [0.1, 0.15) is 71.1 Å². The van der Waals surface area contributed by atoms with Gasteiger partial charge < -0.3 is 10.6 Å². The molecule has 3 aliphatic rings. The molecule has 1 spiro atoms. The van der Waals surface area contributed by atoms with Crippen molar-refractivity contribution in [2.45, 2.75) is 77.2 Å². The van der Waals surface area contributed by atoms with E-state index in [1.807, 2.05) is 0 Å². The fourth-order valence-corrected chi connectivity index (χ4v) is 5.27. The van der Waals surface area contributed by atoms with Crippen LogP contribution in [-0.4, -0.2) is 30.6 Å². The molecule has 0 amide bonds. The number of nitrogens with two attached hydrogens (primary N) is 1. The minimum Gasteiger partial charge on any atom is -0.330 e. The van der Waals surface area contributed by atoms with E-state index in [9.17, 15) is 0 Å². The molecule has 1 heterocycles. The van der Waals surface area contributed by atoms with Crippen molar-refractivity contribution in [2.75, 3.05) is 19.6 Å². The Bertz CT molecular complexity index is 299. The van der Waals surface area contributed by atoms with Crippen molar-refractivity contribution in [1.29, 1.82) is 0 Å². The predicted octanol–water partition coefficient (Wildman–Crippen LogP) is 3.80. The summed E-state index contributed by atoms with van der Waals surface area (Å²) in [6.07, 6.45) is 14.6. The summed E-state index contributed by atoms with van der Waals surface area (Å²) < 4.78 is 0. The Morgan fingerprint density at radius 3 is 2.35 bits per heavy atom. The maximum Gasteiger partial charge on any atom is 0.0138 e. The zero-order chi connectivity index (χ0) is 14.0. The lowest BCUT2D eigenvalue weighted by atomic mass is 9.67. The van der Waals surface area contributed by atoms with Crippen molar-refractivity contribution in [2.24, 2.45) is 23.0 Å². The molecule has 2 nitrogen and oxygen atoms in total. The first-order valence-corrected chi connectivity index (χ1v) is 9.17. The van der Waals surface area contributed by atoms with Crippen molar-refractivity contribution >= 4 is 0 Å². The number of likely N-dealkylation sites (tertiary alicyclic amines) is 1. The third-order valence-electron chi connectivity index (χ3n) is 6.76. The normalized spacial score (nSPS) is 39.0. The van der Waals surface area contributed by atoms with Crippen LogP contribution in [0, 0.1) is 17.3 Å². The monoisotopic (exact) mass is 278 g/mol. The molecule has 0 radical (unpaired) electrons. The Morgan fingerprint density at radius 2 is 1.70 bits per heavy atom. The van der Waals surface area contributed by atoms with Gasteiger partial charge in [-0.15, -0.1) is 0 Å². The second-order valence-electron chi connectivity index (χ2n) is 8.08. The van der Waals surface area contributed by atoms with Crippen LogP contribution < -0.4 is 5.73 Å². The molecule has 3 rings (SSSR count). The molecule has 0 aromatic carbocycles. The van der Waals surface area contributed by atoms with Crippen LogP contribution in [0.15, 0.2) is 0 Å². The molecular weight excluding hydrogens is 244 g/mol. The van der Waals surface area contributed by atoms with E-state index in [0.717, 1.165) is 29.8 Å². The van der Waals surface area contributed by atoms with Gasteiger partial charge in [0.25, 0.3) is 0 Å². The lowest BCUT2D eigenvalue weighted by Crippen LogP contribution is -2.51. The molecule has 2 heteroatoms. The first-order valence-electron chi connectivity index (χ1n) is 9.17. The molecule has 3 atom stereocenters. The van der Waals surface area contributed by atoms with Crippen LogP contribution in [0.25, 0.3) is 0 Å². The van der Waals surface area contributed by atoms with Gasteiger partial charge in [-0.25, -0.2) is 0 Å². The molecular formula is C18H34N2. The summed E-state index contributed by atoms with van der Waals surface area (Å²) in [6, 6.07) is 0.796. The van der Waals surface area contributed by atoms with Gasteiger partial charge in [-0.2, -0.15) is 0 Å². The molecule has 116 valence electrons. The maximum atomic E-state index is 6.06. The minimum atomic E-state index is 0.743. The molecule has 1 aliphatic heterocycles. The van der Waals surface area contributed by atoms with Gasteiger partial charge >= 0.3 is 0 Å². The van der Waals surface area contributed by atoms with Crippen LogP contribution in [-0.2, 0) is 0 Å². The first kappa shape index (κ1) is 14.8. The van der Waals surface area contributed by atoms with E-state index in [1.165, 1.54) is 77.3 Å². The van der Waals surface area contributed by atoms with E-state index in [1.54, 1.807) is 0 Å². The third-order valence-corrected chi connectivity index (χ3v) is 6.76. The SMILES string of the molecule is CC1CCC(CN)C(N2CCC3(CCCCC3)CC2)C1. The summed E-state index contributed by atoms with van der Waals surface area (Å²) in [6.45, 7) is 6.05. The van der Waals surface area contributed by atoms with Crippen LogP contribution in [0.5, 0.6) is 0 Å². The number of hydrogen-bond acceptors (Lipinski definition) is 2. The Morgan fingerprint density at radius 1 is 1.00 bits per heavy atom. The Labute approximate surface area is 125 Å². The number of piperidine rings is 1. The molecule has 0 aromatic heterocycles.